The van der Waals surface area contributed by atoms with Gasteiger partial charge in [-0.25, -0.2) is 8.42 Å². The van der Waals surface area contributed by atoms with E-state index in [4.69, 9.17) is 17.3 Å². The number of anilines is 1. The number of phenols is 1. The summed E-state index contributed by atoms with van der Waals surface area (Å²) in [5, 5.41) is 10.4. The van der Waals surface area contributed by atoms with Crippen LogP contribution in [0.25, 0.3) is 10.9 Å². The van der Waals surface area contributed by atoms with E-state index < -0.39 is 21.7 Å². The lowest BCUT2D eigenvalue weighted by molar-refractivity contribution is 0.0997. The molecule has 2 aromatic carbocycles. The van der Waals surface area contributed by atoms with Crippen LogP contribution in [0.15, 0.2) is 41.4 Å². The van der Waals surface area contributed by atoms with E-state index in [0.717, 1.165) is 28.6 Å². The summed E-state index contributed by atoms with van der Waals surface area (Å²) < 4.78 is 27.5. The molecular weight excluding hydrogens is 366 g/mol. The van der Waals surface area contributed by atoms with Gasteiger partial charge in [-0.3, -0.25) is 9.52 Å². The Morgan fingerprint density at radius 3 is 2.68 bits per heavy atom. The SMILES string of the molecule is Cc1c[nH]c2cc(NS(=O)(=O)c3cc(Cl)c(O)c(C(N)=O)c3)ccc12. The Balaban J connectivity index is 2.02. The van der Waals surface area contributed by atoms with Crippen molar-refractivity contribution in [3.05, 3.63) is 52.7 Å². The number of hydrogen-bond acceptors (Lipinski definition) is 4. The van der Waals surface area contributed by atoms with Crippen molar-refractivity contribution in [2.45, 2.75) is 11.8 Å². The molecule has 1 aromatic heterocycles. The summed E-state index contributed by atoms with van der Waals surface area (Å²) in [7, 11) is -4.04. The first-order valence-electron chi connectivity index (χ1n) is 7.12. The first-order chi connectivity index (χ1) is 11.7. The van der Waals surface area contributed by atoms with E-state index in [0.29, 0.717) is 5.69 Å². The summed E-state index contributed by atoms with van der Waals surface area (Å²) in [5.74, 6) is -1.55. The molecular formula is C16H14ClN3O4S. The predicted molar refractivity (Wildman–Crippen MR) is 95.5 cm³/mol. The maximum atomic E-state index is 12.6. The molecule has 0 saturated heterocycles. The maximum absolute atomic E-state index is 12.6. The van der Waals surface area contributed by atoms with Crippen LogP contribution in [-0.2, 0) is 10.0 Å². The zero-order valence-corrected chi connectivity index (χ0v) is 14.6. The Labute approximate surface area is 148 Å². The van der Waals surface area contributed by atoms with Crippen LogP contribution in [0, 0.1) is 6.92 Å². The number of fused-ring (bicyclic) bond motifs is 1. The average Bonchev–Trinajstić information content (AvgIpc) is 2.89. The number of primary amides is 1. The van der Waals surface area contributed by atoms with Crippen LogP contribution in [0.5, 0.6) is 5.75 Å². The van der Waals surface area contributed by atoms with Crippen LogP contribution in [0.1, 0.15) is 15.9 Å². The van der Waals surface area contributed by atoms with Gasteiger partial charge in [-0.2, -0.15) is 0 Å². The molecule has 3 rings (SSSR count). The van der Waals surface area contributed by atoms with Crippen LogP contribution in [0.4, 0.5) is 5.69 Å². The largest absolute Gasteiger partial charge is 0.506 e. The molecule has 1 heterocycles. The van der Waals surface area contributed by atoms with Crippen molar-refractivity contribution in [2.24, 2.45) is 5.73 Å². The van der Waals surface area contributed by atoms with E-state index in [1.165, 1.54) is 0 Å². The molecule has 25 heavy (non-hydrogen) atoms. The highest BCUT2D eigenvalue weighted by Gasteiger charge is 2.21. The summed E-state index contributed by atoms with van der Waals surface area (Å²) >= 11 is 5.80. The molecule has 0 spiro atoms. The standard InChI is InChI=1S/C16H14ClN3O4S/c1-8-7-19-14-4-9(2-3-11(8)14)20-25(23,24)10-5-12(16(18)22)15(21)13(17)6-10/h2-7,19-21H,1H3,(H2,18,22). The number of aromatic hydroxyl groups is 1. The van der Waals surface area contributed by atoms with Crippen molar-refractivity contribution in [2.75, 3.05) is 4.72 Å². The van der Waals surface area contributed by atoms with Crippen LogP contribution in [-0.4, -0.2) is 24.4 Å². The number of carbonyl (C=O) groups is 1. The van der Waals surface area contributed by atoms with Crippen LogP contribution in [0.3, 0.4) is 0 Å². The van der Waals surface area contributed by atoms with Crippen molar-refractivity contribution >= 4 is 44.1 Å². The number of carbonyl (C=O) groups excluding carboxylic acids is 1. The number of H-pyrrole nitrogens is 1. The molecule has 0 unspecified atom stereocenters. The molecule has 9 heteroatoms. The number of benzene rings is 2. The average molecular weight is 380 g/mol. The van der Waals surface area contributed by atoms with Gasteiger partial charge in [0.25, 0.3) is 15.9 Å². The number of sulfonamides is 1. The second-order valence-corrected chi connectivity index (χ2v) is 7.59. The Morgan fingerprint density at radius 1 is 1.28 bits per heavy atom. The number of aryl methyl sites for hydroxylation is 1. The topological polar surface area (TPSA) is 125 Å². The van der Waals surface area contributed by atoms with E-state index in [2.05, 4.69) is 9.71 Å². The zero-order chi connectivity index (χ0) is 18.4. The third-order valence-corrected chi connectivity index (χ3v) is 5.40. The Kier molecular flexibility index (Phi) is 4.09. The molecule has 0 radical (unpaired) electrons. The number of aromatic amines is 1. The highest BCUT2D eigenvalue weighted by atomic mass is 35.5. The van der Waals surface area contributed by atoms with Gasteiger partial charge in [-0.05, 0) is 36.8 Å². The number of rotatable bonds is 4. The molecule has 0 atom stereocenters. The molecule has 0 aliphatic heterocycles. The first-order valence-corrected chi connectivity index (χ1v) is 8.98. The maximum Gasteiger partial charge on any atom is 0.261 e. The van der Waals surface area contributed by atoms with Gasteiger partial charge in [0, 0.05) is 17.1 Å². The van der Waals surface area contributed by atoms with Crippen molar-refractivity contribution in [1.82, 2.24) is 4.98 Å². The normalized spacial score (nSPS) is 11.6. The highest BCUT2D eigenvalue weighted by molar-refractivity contribution is 7.92. The summed E-state index contributed by atoms with van der Waals surface area (Å²) in [6, 6.07) is 7.08. The summed E-state index contributed by atoms with van der Waals surface area (Å²) in [5.41, 5.74) is 6.92. The Morgan fingerprint density at radius 2 is 2.00 bits per heavy atom. The minimum Gasteiger partial charge on any atom is -0.506 e. The van der Waals surface area contributed by atoms with E-state index in [1.807, 2.05) is 13.1 Å². The van der Waals surface area contributed by atoms with Crippen molar-refractivity contribution in [3.8, 4) is 5.75 Å². The predicted octanol–water partition coefficient (Wildman–Crippen LogP) is 2.74. The number of aromatic nitrogens is 1. The Hall–Kier alpha value is -2.71. The second-order valence-electron chi connectivity index (χ2n) is 5.50. The zero-order valence-electron chi connectivity index (χ0n) is 13.0. The molecule has 0 saturated carbocycles. The van der Waals surface area contributed by atoms with Crippen LogP contribution < -0.4 is 10.5 Å². The Bertz CT molecular complexity index is 1110. The van der Waals surface area contributed by atoms with Gasteiger partial charge in [-0.1, -0.05) is 17.7 Å². The van der Waals surface area contributed by atoms with E-state index in [9.17, 15) is 18.3 Å². The molecule has 1 amide bonds. The molecule has 7 nitrogen and oxygen atoms in total. The molecule has 0 bridgehead atoms. The fraction of sp³-hybridized carbons (Fsp3) is 0.0625. The molecule has 5 N–H and O–H groups in total. The third kappa shape index (κ3) is 3.13. The van der Waals surface area contributed by atoms with Gasteiger partial charge >= 0.3 is 0 Å². The van der Waals surface area contributed by atoms with Gasteiger partial charge < -0.3 is 15.8 Å². The fourth-order valence-electron chi connectivity index (χ4n) is 2.47. The summed E-state index contributed by atoms with van der Waals surface area (Å²) in [4.78, 5) is 14.1. The van der Waals surface area contributed by atoms with Crippen molar-refractivity contribution in [3.63, 3.8) is 0 Å². The van der Waals surface area contributed by atoms with E-state index in [1.54, 1.807) is 18.2 Å². The molecule has 0 fully saturated rings. The minimum atomic E-state index is -4.04. The molecule has 130 valence electrons. The second kappa shape index (κ2) is 5.98. The lowest BCUT2D eigenvalue weighted by Gasteiger charge is -2.11. The lowest BCUT2D eigenvalue weighted by atomic mass is 10.2. The van der Waals surface area contributed by atoms with Crippen molar-refractivity contribution in [1.29, 1.82) is 0 Å². The van der Waals surface area contributed by atoms with Crippen LogP contribution >= 0.6 is 11.6 Å². The van der Waals surface area contributed by atoms with Crippen LogP contribution in [0.2, 0.25) is 5.02 Å². The summed E-state index contributed by atoms with van der Waals surface area (Å²) in [6.07, 6.45) is 1.82. The quantitative estimate of drug-likeness (QED) is 0.556. The van der Waals surface area contributed by atoms with Gasteiger partial charge in [0.05, 0.1) is 21.2 Å². The number of hydrogen-bond donors (Lipinski definition) is 4. The van der Waals surface area contributed by atoms with Gasteiger partial charge in [-0.15, -0.1) is 0 Å². The third-order valence-electron chi connectivity index (χ3n) is 3.75. The number of nitrogens with one attached hydrogen (secondary N) is 2. The molecule has 3 aromatic rings. The lowest BCUT2D eigenvalue weighted by Crippen LogP contribution is -2.16. The monoisotopic (exact) mass is 379 g/mol. The highest BCUT2D eigenvalue weighted by Crippen LogP contribution is 2.31. The minimum absolute atomic E-state index is 0.285. The number of amides is 1. The van der Waals surface area contributed by atoms with Gasteiger partial charge in [0.15, 0.2) is 0 Å². The molecule has 0 aliphatic carbocycles. The van der Waals surface area contributed by atoms with Gasteiger partial charge in [0.1, 0.15) is 5.75 Å². The van der Waals surface area contributed by atoms with E-state index in [-0.39, 0.29) is 15.5 Å². The van der Waals surface area contributed by atoms with Gasteiger partial charge in [0.2, 0.25) is 0 Å². The fourth-order valence-corrected chi connectivity index (χ4v) is 3.85. The summed E-state index contributed by atoms with van der Waals surface area (Å²) in [6.45, 7) is 1.94. The molecule has 0 aliphatic rings. The smallest absolute Gasteiger partial charge is 0.261 e. The number of nitrogens with two attached hydrogens (primary N) is 1. The van der Waals surface area contributed by atoms with E-state index >= 15 is 0 Å². The first kappa shape index (κ1) is 17.1. The number of halogens is 1. The van der Waals surface area contributed by atoms with Crippen molar-refractivity contribution < 1.29 is 18.3 Å².